The van der Waals surface area contributed by atoms with Gasteiger partial charge in [0.05, 0.1) is 13.1 Å². The highest BCUT2D eigenvalue weighted by Gasteiger charge is 2.26. The van der Waals surface area contributed by atoms with Crippen LogP contribution in [-0.2, 0) is 11.2 Å². The molecule has 17 heavy (non-hydrogen) atoms. The van der Waals surface area contributed by atoms with E-state index < -0.39 is 24.3 Å². The molecule has 1 aromatic carbocycles. The van der Waals surface area contributed by atoms with E-state index in [1.165, 1.54) is 18.2 Å². The lowest BCUT2D eigenvalue weighted by molar-refractivity contribution is -0.127. The minimum absolute atomic E-state index is 0.0807. The highest BCUT2D eigenvalue weighted by atomic mass is 19.4. The van der Waals surface area contributed by atoms with Crippen molar-refractivity contribution < 1.29 is 22.4 Å². The van der Waals surface area contributed by atoms with Crippen molar-refractivity contribution in [3.8, 4) is 0 Å². The molecule has 0 saturated carbocycles. The topological polar surface area (TPSA) is 29.1 Å². The molecular weight excluding hydrogens is 238 g/mol. The lowest BCUT2D eigenvalue weighted by Crippen LogP contribution is -2.33. The molecule has 0 spiro atoms. The van der Waals surface area contributed by atoms with Crippen molar-refractivity contribution >= 4 is 5.78 Å². The maximum atomic E-state index is 12.8. The first kappa shape index (κ1) is 13.6. The fraction of sp³-hybridized carbons (Fsp3) is 0.364. The molecule has 0 aliphatic heterocycles. The Morgan fingerprint density at radius 1 is 1.29 bits per heavy atom. The fourth-order valence-electron chi connectivity index (χ4n) is 1.28. The van der Waals surface area contributed by atoms with E-state index in [2.05, 4.69) is 0 Å². The van der Waals surface area contributed by atoms with Crippen LogP contribution in [0.25, 0.3) is 0 Å². The average Bonchev–Trinajstić information content (AvgIpc) is 2.15. The molecule has 0 radical (unpaired) electrons. The Balaban J connectivity index is 2.35. The van der Waals surface area contributed by atoms with E-state index in [1.54, 1.807) is 6.07 Å². The molecule has 6 heteroatoms. The van der Waals surface area contributed by atoms with E-state index in [0.717, 1.165) is 0 Å². The van der Waals surface area contributed by atoms with Crippen LogP contribution in [0, 0.1) is 5.82 Å². The molecule has 1 aromatic rings. The molecule has 0 aliphatic carbocycles. The molecule has 0 saturated heterocycles. The highest BCUT2D eigenvalue weighted by molar-refractivity contribution is 5.82. The predicted molar refractivity (Wildman–Crippen MR) is 54.0 cm³/mol. The van der Waals surface area contributed by atoms with Crippen LogP contribution in [0.2, 0.25) is 0 Å². The standard InChI is InChI=1S/C11H11F4NO/c12-9-3-1-2-8(4-9)5-10(17)6-16-7-11(13,14)15/h1-4,16H,5-7H2. The van der Waals surface area contributed by atoms with Gasteiger partial charge in [-0.3, -0.25) is 4.79 Å². The lowest BCUT2D eigenvalue weighted by atomic mass is 10.1. The number of alkyl halides is 3. The van der Waals surface area contributed by atoms with Gasteiger partial charge in [-0.05, 0) is 17.7 Å². The Bertz CT molecular complexity index is 389. The van der Waals surface area contributed by atoms with E-state index in [4.69, 9.17) is 0 Å². The number of rotatable bonds is 5. The number of halogens is 4. The molecular formula is C11H11F4NO. The second kappa shape index (κ2) is 5.77. The SMILES string of the molecule is O=C(CNCC(F)(F)F)Cc1cccc(F)c1. The number of hydrogen-bond acceptors (Lipinski definition) is 2. The van der Waals surface area contributed by atoms with Crippen LogP contribution >= 0.6 is 0 Å². The molecule has 2 nitrogen and oxygen atoms in total. The zero-order valence-electron chi connectivity index (χ0n) is 8.85. The van der Waals surface area contributed by atoms with Gasteiger partial charge in [-0.25, -0.2) is 4.39 Å². The molecule has 0 aromatic heterocycles. The summed E-state index contributed by atoms with van der Waals surface area (Å²) in [6.45, 7) is -1.59. The minimum atomic E-state index is -4.33. The van der Waals surface area contributed by atoms with E-state index in [0.29, 0.717) is 5.56 Å². The van der Waals surface area contributed by atoms with Gasteiger partial charge in [0.1, 0.15) is 5.82 Å². The summed E-state index contributed by atoms with van der Waals surface area (Å²) in [7, 11) is 0. The maximum Gasteiger partial charge on any atom is 0.401 e. The van der Waals surface area contributed by atoms with E-state index >= 15 is 0 Å². The molecule has 0 heterocycles. The van der Waals surface area contributed by atoms with E-state index in [-0.39, 0.29) is 13.0 Å². The van der Waals surface area contributed by atoms with Crippen LogP contribution in [0.4, 0.5) is 17.6 Å². The van der Waals surface area contributed by atoms with Crippen molar-refractivity contribution in [3.63, 3.8) is 0 Å². The normalized spacial score (nSPS) is 11.5. The van der Waals surface area contributed by atoms with Crippen molar-refractivity contribution in [3.05, 3.63) is 35.6 Å². The average molecular weight is 249 g/mol. The van der Waals surface area contributed by atoms with Gasteiger partial charge < -0.3 is 5.32 Å². The van der Waals surface area contributed by atoms with Crippen LogP contribution < -0.4 is 5.32 Å². The molecule has 0 atom stereocenters. The highest BCUT2D eigenvalue weighted by Crippen LogP contribution is 2.12. The van der Waals surface area contributed by atoms with Gasteiger partial charge in [0.15, 0.2) is 5.78 Å². The Morgan fingerprint density at radius 3 is 2.59 bits per heavy atom. The first-order valence-electron chi connectivity index (χ1n) is 4.90. The van der Waals surface area contributed by atoms with Crippen LogP contribution in [0.5, 0.6) is 0 Å². The Hall–Kier alpha value is -1.43. The van der Waals surface area contributed by atoms with Gasteiger partial charge in [-0.1, -0.05) is 12.1 Å². The van der Waals surface area contributed by atoms with Gasteiger partial charge in [0, 0.05) is 6.42 Å². The maximum absolute atomic E-state index is 12.8. The molecule has 0 fully saturated rings. The molecule has 0 amide bonds. The van der Waals surface area contributed by atoms with Crippen LogP contribution in [-0.4, -0.2) is 25.0 Å². The van der Waals surface area contributed by atoms with Gasteiger partial charge >= 0.3 is 6.18 Å². The first-order valence-corrected chi connectivity index (χ1v) is 4.90. The van der Waals surface area contributed by atoms with Crippen molar-refractivity contribution in [1.29, 1.82) is 0 Å². The quantitative estimate of drug-likeness (QED) is 0.809. The zero-order valence-corrected chi connectivity index (χ0v) is 8.85. The molecule has 94 valence electrons. The first-order chi connectivity index (χ1) is 7.87. The Kier molecular flexibility index (Phi) is 4.62. The number of hydrogen-bond donors (Lipinski definition) is 1. The zero-order chi connectivity index (χ0) is 12.9. The van der Waals surface area contributed by atoms with E-state index in [1.807, 2.05) is 5.32 Å². The van der Waals surface area contributed by atoms with Gasteiger partial charge in [0.2, 0.25) is 0 Å². The smallest absolute Gasteiger partial charge is 0.302 e. The summed E-state index contributed by atoms with van der Waals surface area (Å²) in [6.07, 6.45) is -4.41. The third kappa shape index (κ3) is 6.01. The van der Waals surface area contributed by atoms with Gasteiger partial charge in [-0.2, -0.15) is 13.2 Å². The number of nitrogens with one attached hydrogen (secondary N) is 1. The third-order valence-electron chi connectivity index (χ3n) is 1.94. The van der Waals surface area contributed by atoms with E-state index in [9.17, 15) is 22.4 Å². The molecule has 1 rings (SSSR count). The summed E-state index contributed by atoms with van der Waals surface area (Å²) in [6, 6.07) is 5.41. The van der Waals surface area contributed by atoms with Crippen LogP contribution in [0.3, 0.4) is 0 Å². The monoisotopic (exact) mass is 249 g/mol. The van der Waals surface area contributed by atoms with Gasteiger partial charge in [-0.15, -0.1) is 0 Å². The van der Waals surface area contributed by atoms with Crippen molar-refractivity contribution in [2.45, 2.75) is 12.6 Å². The second-order valence-corrected chi connectivity index (χ2v) is 3.56. The Morgan fingerprint density at radius 2 is 2.00 bits per heavy atom. The van der Waals surface area contributed by atoms with Crippen molar-refractivity contribution in [2.24, 2.45) is 0 Å². The third-order valence-corrected chi connectivity index (χ3v) is 1.94. The molecule has 0 aliphatic rings. The summed E-state index contributed by atoms with van der Waals surface area (Å²) in [4.78, 5) is 11.3. The van der Waals surface area contributed by atoms with Crippen LogP contribution in [0.15, 0.2) is 24.3 Å². The minimum Gasteiger partial charge on any atom is -0.302 e. The number of Topliss-reactive ketones (excluding diaryl/α,β-unsaturated/α-hetero) is 1. The second-order valence-electron chi connectivity index (χ2n) is 3.56. The fourth-order valence-corrected chi connectivity index (χ4v) is 1.28. The molecule has 0 bridgehead atoms. The molecule has 1 N–H and O–H groups in total. The predicted octanol–water partition coefficient (Wildman–Crippen LogP) is 2.09. The van der Waals surface area contributed by atoms with Crippen molar-refractivity contribution in [1.82, 2.24) is 5.32 Å². The summed E-state index contributed by atoms with van der Waals surface area (Å²) >= 11 is 0. The van der Waals surface area contributed by atoms with Crippen molar-refractivity contribution in [2.75, 3.05) is 13.1 Å². The lowest BCUT2D eigenvalue weighted by Gasteiger charge is -2.07. The summed E-state index contributed by atoms with van der Waals surface area (Å²) < 4.78 is 48.0. The summed E-state index contributed by atoms with van der Waals surface area (Å²) in [5.74, 6) is -0.890. The Labute approximate surface area is 95.6 Å². The largest absolute Gasteiger partial charge is 0.401 e. The number of benzene rings is 1. The van der Waals surface area contributed by atoms with Crippen LogP contribution in [0.1, 0.15) is 5.56 Å². The summed E-state index contributed by atoms with van der Waals surface area (Å²) in [5, 5.41) is 1.99. The number of ketones is 1. The number of carbonyl (C=O) groups is 1. The number of carbonyl (C=O) groups excluding carboxylic acids is 1. The molecule has 0 unspecified atom stereocenters. The van der Waals surface area contributed by atoms with Gasteiger partial charge in [0.25, 0.3) is 0 Å². The summed E-state index contributed by atoms with van der Waals surface area (Å²) in [5.41, 5.74) is 0.448.